The number of hydrogen-bond donors (Lipinski definition) is 0. The molecule has 2 aliphatic rings. The van der Waals surface area contributed by atoms with Gasteiger partial charge in [0, 0.05) is 5.92 Å². The summed E-state index contributed by atoms with van der Waals surface area (Å²) in [4.78, 5) is 0. The number of allylic oxidation sites excluding steroid dienone is 8. The fraction of sp³-hybridized carbons (Fsp3) is 0.304. The maximum Gasteiger partial charge on any atom is 0.00174 e. The Morgan fingerprint density at radius 2 is 1.65 bits per heavy atom. The van der Waals surface area contributed by atoms with E-state index in [0.717, 1.165) is 12.8 Å². The van der Waals surface area contributed by atoms with E-state index in [1.54, 1.807) is 0 Å². The Kier molecular flexibility index (Phi) is 4.02. The molecule has 0 spiro atoms. The van der Waals surface area contributed by atoms with Crippen LogP contribution >= 0.6 is 0 Å². The molecule has 23 heavy (non-hydrogen) atoms. The summed E-state index contributed by atoms with van der Waals surface area (Å²) >= 11 is 0. The first-order valence-corrected chi connectivity index (χ1v) is 8.42. The van der Waals surface area contributed by atoms with Gasteiger partial charge >= 0.3 is 0 Å². The summed E-state index contributed by atoms with van der Waals surface area (Å²) in [6.45, 7) is 17.2. The van der Waals surface area contributed by atoms with Crippen LogP contribution in [0.25, 0.3) is 5.57 Å². The molecule has 1 fully saturated rings. The van der Waals surface area contributed by atoms with Crippen LogP contribution in [0, 0.1) is 26.7 Å². The summed E-state index contributed by atoms with van der Waals surface area (Å²) < 4.78 is 0. The largest absolute Gasteiger partial charge is 0.0989 e. The molecule has 0 heterocycles. The second kappa shape index (κ2) is 5.85. The maximum absolute atomic E-state index is 4.25. The molecule has 0 bridgehead atoms. The van der Waals surface area contributed by atoms with Gasteiger partial charge in [0.25, 0.3) is 0 Å². The monoisotopic (exact) mass is 302 g/mol. The van der Waals surface area contributed by atoms with Crippen LogP contribution in [0.3, 0.4) is 0 Å². The lowest BCUT2D eigenvalue weighted by Crippen LogP contribution is -1.94. The van der Waals surface area contributed by atoms with Gasteiger partial charge in [-0.25, -0.2) is 0 Å². The quantitative estimate of drug-likeness (QED) is 0.554. The molecule has 118 valence electrons. The zero-order valence-electron chi connectivity index (χ0n) is 14.8. The van der Waals surface area contributed by atoms with E-state index in [-0.39, 0.29) is 0 Å². The van der Waals surface area contributed by atoms with Gasteiger partial charge in [0.15, 0.2) is 0 Å². The Morgan fingerprint density at radius 3 is 2.22 bits per heavy atom. The number of benzene rings is 1. The van der Waals surface area contributed by atoms with E-state index < -0.39 is 0 Å². The summed E-state index contributed by atoms with van der Waals surface area (Å²) in [5, 5.41) is 0. The Balaban J connectivity index is 1.82. The van der Waals surface area contributed by atoms with Gasteiger partial charge in [-0.15, -0.1) is 0 Å². The topological polar surface area (TPSA) is 0 Å². The molecular formula is C23H26. The number of hydrogen-bond acceptors (Lipinski definition) is 0. The van der Waals surface area contributed by atoms with Gasteiger partial charge in [0.05, 0.1) is 0 Å². The fourth-order valence-corrected chi connectivity index (χ4v) is 3.91. The summed E-state index contributed by atoms with van der Waals surface area (Å²) in [5.41, 5.74) is 12.2. The smallest absolute Gasteiger partial charge is 0.00174 e. The SMILES string of the molecule is C=C1C/C(=C\C2=CC=C(c3c(C)cc(C)cc3C)C2)C(=C)C1C. The molecule has 0 heteroatoms. The number of rotatable bonds is 2. The van der Waals surface area contributed by atoms with E-state index >= 15 is 0 Å². The van der Waals surface area contributed by atoms with Gasteiger partial charge in [-0.3, -0.25) is 0 Å². The zero-order valence-corrected chi connectivity index (χ0v) is 14.8. The van der Waals surface area contributed by atoms with Crippen molar-refractivity contribution >= 4 is 5.57 Å². The minimum Gasteiger partial charge on any atom is -0.0989 e. The third-order valence-corrected chi connectivity index (χ3v) is 5.22. The fourth-order valence-electron chi connectivity index (χ4n) is 3.91. The van der Waals surface area contributed by atoms with E-state index in [1.165, 1.54) is 50.1 Å². The van der Waals surface area contributed by atoms with Crippen LogP contribution in [-0.2, 0) is 0 Å². The molecule has 1 atom stereocenters. The lowest BCUT2D eigenvalue weighted by atomic mass is 9.92. The highest BCUT2D eigenvalue weighted by molar-refractivity contribution is 5.77. The summed E-state index contributed by atoms with van der Waals surface area (Å²) in [6.07, 6.45) is 8.88. The van der Waals surface area contributed by atoms with Gasteiger partial charge in [-0.1, -0.05) is 61.6 Å². The highest BCUT2D eigenvalue weighted by Gasteiger charge is 2.24. The average molecular weight is 302 g/mol. The predicted octanol–water partition coefficient (Wildman–Crippen LogP) is 6.40. The molecule has 0 saturated heterocycles. The van der Waals surface area contributed by atoms with Crippen LogP contribution < -0.4 is 0 Å². The second-order valence-electron chi connectivity index (χ2n) is 7.14. The van der Waals surface area contributed by atoms with Crippen molar-refractivity contribution in [3.8, 4) is 0 Å². The van der Waals surface area contributed by atoms with Crippen molar-refractivity contribution in [1.82, 2.24) is 0 Å². The van der Waals surface area contributed by atoms with Crippen molar-refractivity contribution in [2.45, 2.75) is 40.5 Å². The first kappa shape index (κ1) is 15.8. The Morgan fingerprint density at radius 1 is 1.00 bits per heavy atom. The Bertz CT molecular complexity index is 770. The number of aryl methyl sites for hydroxylation is 3. The zero-order chi connectivity index (χ0) is 16.7. The van der Waals surface area contributed by atoms with E-state index in [0.29, 0.717) is 5.92 Å². The minimum absolute atomic E-state index is 0.428. The lowest BCUT2D eigenvalue weighted by molar-refractivity contribution is 0.868. The van der Waals surface area contributed by atoms with Crippen LogP contribution in [0.4, 0.5) is 0 Å². The van der Waals surface area contributed by atoms with Crippen LogP contribution in [-0.4, -0.2) is 0 Å². The Labute approximate surface area is 140 Å². The Hall–Kier alpha value is -2.08. The van der Waals surface area contributed by atoms with Crippen molar-refractivity contribution in [1.29, 1.82) is 0 Å². The van der Waals surface area contributed by atoms with Crippen LogP contribution in [0.1, 0.15) is 42.0 Å². The van der Waals surface area contributed by atoms with Crippen LogP contribution in [0.5, 0.6) is 0 Å². The molecule has 1 unspecified atom stereocenters. The van der Waals surface area contributed by atoms with Crippen molar-refractivity contribution in [2.75, 3.05) is 0 Å². The standard InChI is InChI=1S/C23H26/c1-14-9-16(3)23(17(4)10-14)21-8-7-20(12-21)13-22-11-15(2)18(5)19(22)6/h7-10,13,18H,2,6,11-12H2,1,3-5H3/b22-13+. The third kappa shape index (κ3) is 2.91. The normalized spacial score (nSPS) is 22.8. The van der Waals surface area contributed by atoms with E-state index in [1.807, 2.05) is 0 Å². The molecule has 0 nitrogen and oxygen atoms in total. The van der Waals surface area contributed by atoms with Crippen LogP contribution in [0.2, 0.25) is 0 Å². The molecule has 2 aliphatic carbocycles. The maximum atomic E-state index is 4.25. The molecule has 1 aromatic carbocycles. The summed E-state index contributed by atoms with van der Waals surface area (Å²) in [5.74, 6) is 0.428. The van der Waals surface area contributed by atoms with Crippen molar-refractivity contribution in [3.05, 3.63) is 88.1 Å². The highest BCUT2D eigenvalue weighted by Crippen LogP contribution is 2.40. The molecule has 1 saturated carbocycles. The van der Waals surface area contributed by atoms with E-state index in [9.17, 15) is 0 Å². The molecule has 3 rings (SSSR count). The van der Waals surface area contributed by atoms with Gasteiger partial charge in [0.1, 0.15) is 0 Å². The summed E-state index contributed by atoms with van der Waals surface area (Å²) in [6, 6.07) is 4.56. The van der Waals surface area contributed by atoms with Crippen molar-refractivity contribution in [3.63, 3.8) is 0 Å². The molecule has 0 aromatic heterocycles. The average Bonchev–Trinajstić information content (AvgIpc) is 3.00. The molecule has 0 radical (unpaired) electrons. The first-order chi connectivity index (χ1) is 10.9. The molecule has 0 amide bonds. The third-order valence-electron chi connectivity index (χ3n) is 5.22. The van der Waals surface area contributed by atoms with Gasteiger partial charge in [-0.05, 0) is 72.6 Å². The second-order valence-corrected chi connectivity index (χ2v) is 7.14. The molecule has 1 aromatic rings. The highest BCUT2D eigenvalue weighted by atomic mass is 14.3. The molecule has 0 aliphatic heterocycles. The van der Waals surface area contributed by atoms with Crippen LogP contribution in [0.15, 0.2) is 65.8 Å². The predicted molar refractivity (Wildman–Crippen MR) is 101 cm³/mol. The van der Waals surface area contributed by atoms with Crippen molar-refractivity contribution < 1.29 is 0 Å². The van der Waals surface area contributed by atoms with E-state index in [2.05, 4.69) is 71.2 Å². The van der Waals surface area contributed by atoms with Gasteiger partial charge < -0.3 is 0 Å². The lowest BCUT2D eigenvalue weighted by Gasteiger charge is -2.13. The van der Waals surface area contributed by atoms with Crippen molar-refractivity contribution in [2.24, 2.45) is 5.92 Å². The van der Waals surface area contributed by atoms with E-state index in [4.69, 9.17) is 0 Å². The molecule has 0 N–H and O–H groups in total. The summed E-state index contributed by atoms with van der Waals surface area (Å²) in [7, 11) is 0. The molecular weight excluding hydrogens is 276 g/mol. The van der Waals surface area contributed by atoms with Gasteiger partial charge in [0.2, 0.25) is 0 Å². The van der Waals surface area contributed by atoms with Gasteiger partial charge in [-0.2, -0.15) is 0 Å². The first-order valence-electron chi connectivity index (χ1n) is 8.42. The minimum atomic E-state index is 0.428.